The summed E-state index contributed by atoms with van der Waals surface area (Å²) in [5, 5.41) is 1.96. The number of carbonyl (C=O) groups excluding carboxylic acids is 1. The van der Waals surface area contributed by atoms with Crippen molar-refractivity contribution >= 4 is 40.0 Å². The Hall–Kier alpha value is -2.31. The number of benzene rings is 1. The number of hydrogen-bond donors (Lipinski definition) is 0. The quantitative estimate of drug-likeness (QED) is 0.664. The Morgan fingerprint density at radius 3 is 2.69 bits per heavy atom. The van der Waals surface area contributed by atoms with Crippen LogP contribution in [0, 0.1) is 0 Å². The first-order valence-corrected chi connectivity index (χ1v) is 8.91. The van der Waals surface area contributed by atoms with E-state index in [1.54, 1.807) is 11.0 Å². The monoisotopic (exact) mass is 390 g/mol. The van der Waals surface area contributed by atoms with E-state index < -0.39 is 0 Å². The molecule has 134 valence electrons. The predicted octanol–water partition coefficient (Wildman–Crippen LogP) is 3.96. The van der Waals surface area contributed by atoms with Crippen LogP contribution in [0.15, 0.2) is 30.6 Å². The van der Waals surface area contributed by atoms with E-state index in [1.807, 2.05) is 19.1 Å². The minimum atomic E-state index is -0.215. The molecule has 8 heteroatoms. The van der Waals surface area contributed by atoms with Gasteiger partial charge in [0, 0.05) is 24.0 Å². The van der Waals surface area contributed by atoms with Crippen LogP contribution in [0.3, 0.4) is 0 Å². The van der Waals surface area contributed by atoms with E-state index in [0.29, 0.717) is 22.3 Å². The summed E-state index contributed by atoms with van der Waals surface area (Å²) in [6.45, 7) is 2.56. The highest BCUT2D eigenvalue weighted by Crippen LogP contribution is 2.37. The molecule has 0 saturated heterocycles. The van der Waals surface area contributed by atoms with Gasteiger partial charge in [0.25, 0.3) is 5.91 Å². The van der Waals surface area contributed by atoms with Crippen LogP contribution in [-0.4, -0.2) is 39.0 Å². The molecule has 1 aliphatic rings. The van der Waals surface area contributed by atoms with Crippen LogP contribution in [0.25, 0.3) is 10.9 Å². The number of methoxy groups -OCH3 is 1. The van der Waals surface area contributed by atoms with Gasteiger partial charge >= 0.3 is 0 Å². The zero-order chi connectivity index (χ0) is 18.4. The van der Waals surface area contributed by atoms with Crippen molar-refractivity contribution in [2.24, 2.45) is 0 Å². The molecule has 0 bridgehead atoms. The Bertz CT molecular complexity index is 1000. The predicted molar refractivity (Wildman–Crippen MR) is 100.0 cm³/mol. The van der Waals surface area contributed by atoms with Gasteiger partial charge in [-0.3, -0.25) is 4.79 Å². The third kappa shape index (κ3) is 2.61. The van der Waals surface area contributed by atoms with Crippen molar-refractivity contribution in [1.29, 1.82) is 0 Å². The van der Waals surface area contributed by atoms with Gasteiger partial charge in [0.2, 0.25) is 5.82 Å². The van der Waals surface area contributed by atoms with Gasteiger partial charge in [-0.25, -0.2) is 9.97 Å². The molecular formula is C18H16Cl2N4O2. The maximum atomic E-state index is 12.9. The van der Waals surface area contributed by atoms with Gasteiger partial charge in [0.15, 0.2) is 5.75 Å². The van der Waals surface area contributed by atoms with E-state index in [2.05, 4.69) is 14.5 Å². The average molecular weight is 391 g/mol. The highest BCUT2D eigenvalue weighted by atomic mass is 35.5. The third-order valence-electron chi connectivity index (χ3n) is 4.74. The molecular weight excluding hydrogens is 375 g/mol. The lowest BCUT2D eigenvalue weighted by Crippen LogP contribution is -2.42. The fourth-order valence-electron chi connectivity index (χ4n) is 3.42. The number of amides is 1. The summed E-state index contributed by atoms with van der Waals surface area (Å²) in [5.41, 5.74) is 2.08. The Morgan fingerprint density at radius 2 is 2.00 bits per heavy atom. The summed E-state index contributed by atoms with van der Waals surface area (Å²) in [6, 6.07) is 5.76. The molecule has 0 N–H and O–H groups in total. The van der Waals surface area contributed by atoms with Crippen LogP contribution in [0.1, 0.15) is 29.4 Å². The van der Waals surface area contributed by atoms with Crippen LogP contribution in [0.4, 0.5) is 0 Å². The molecule has 3 aromatic rings. The van der Waals surface area contributed by atoms with E-state index in [1.165, 1.54) is 19.5 Å². The fraction of sp³-hybridized carbons (Fsp3) is 0.278. The number of aromatic nitrogens is 3. The molecule has 0 unspecified atom stereocenters. The summed E-state index contributed by atoms with van der Waals surface area (Å²) in [6.07, 6.45) is 3.52. The third-order valence-corrected chi connectivity index (χ3v) is 5.56. The van der Waals surface area contributed by atoms with Crippen molar-refractivity contribution in [3.63, 3.8) is 0 Å². The molecule has 0 aliphatic carbocycles. The standard InChI is InChI=1S/C18H16Cl2N4O2/c1-10-23(18(25)17-21-8-12(26-2)9-22-17)6-5-11-7-13-15(24(10)11)4-3-14(19)16(13)20/h3-4,7-10H,5-6H2,1-2H3/t10-/m1/s1. The largest absolute Gasteiger partial charge is 0.494 e. The first kappa shape index (κ1) is 17.1. The van der Waals surface area contributed by atoms with Crippen LogP contribution in [-0.2, 0) is 6.42 Å². The number of ether oxygens (including phenoxy) is 1. The van der Waals surface area contributed by atoms with E-state index in [4.69, 9.17) is 27.9 Å². The molecule has 4 rings (SSSR count). The second-order valence-electron chi connectivity index (χ2n) is 6.13. The Balaban J connectivity index is 1.72. The molecule has 26 heavy (non-hydrogen) atoms. The summed E-state index contributed by atoms with van der Waals surface area (Å²) in [4.78, 5) is 22.9. The summed E-state index contributed by atoms with van der Waals surface area (Å²) < 4.78 is 7.16. The van der Waals surface area contributed by atoms with Crippen LogP contribution >= 0.6 is 23.2 Å². The minimum absolute atomic E-state index is 0.152. The molecule has 0 fully saturated rings. The van der Waals surface area contributed by atoms with Gasteiger partial charge in [-0.15, -0.1) is 0 Å². The highest BCUT2D eigenvalue weighted by molar-refractivity contribution is 6.45. The summed E-state index contributed by atoms with van der Waals surface area (Å²) in [7, 11) is 1.53. The van der Waals surface area contributed by atoms with Gasteiger partial charge < -0.3 is 14.2 Å². The van der Waals surface area contributed by atoms with Gasteiger partial charge in [0.05, 0.1) is 35.1 Å². The molecule has 2 aromatic heterocycles. The first-order chi connectivity index (χ1) is 12.5. The normalized spacial score (nSPS) is 16.6. The summed E-state index contributed by atoms with van der Waals surface area (Å²) >= 11 is 12.5. The Morgan fingerprint density at radius 1 is 1.27 bits per heavy atom. The molecule has 1 atom stereocenters. The van der Waals surface area contributed by atoms with E-state index >= 15 is 0 Å². The molecule has 6 nitrogen and oxygen atoms in total. The average Bonchev–Trinajstić information content (AvgIpc) is 3.05. The number of carbonyl (C=O) groups is 1. The number of fused-ring (bicyclic) bond motifs is 3. The lowest BCUT2D eigenvalue weighted by molar-refractivity contribution is 0.0572. The number of hydrogen-bond acceptors (Lipinski definition) is 4. The molecule has 0 radical (unpaired) electrons. The SMILES string of the molecule is COc1cnc(C(=O)N2CCc3cc4c(Cl)c(Cl)ccc4n3[C@@H]2C)nc1. The first-order valence-electron chi connectivity index (χ1n) is 8.16. The van der Waals surface area contributed by atoms with E-state index in [9.17, 15) is 4.79 Å². The maximum Gasteiger partial charge on any atom is 0.293 e. The topological polar surface area (TPSA) is 60.2 Å². The van der Waals surface area contributed by atoms with Crippen LogP contribution in [0.2, 0.25) is 10.0 Å². The van der Waals surface area contributed by atoms with Crippen molar-refractivity contribution in [3.05, 3.63) is 52.2 Å². The van der Waals surface area contributed by atoms with Crippen molar-refractivity contribution in [2.75, 3.05) is 13.7 Å². The Labute approximate surface area is 160 Å². The highest BCUT2D eigenvalue weighted by Gasteiger charge is 2.31. The van der Waals surface area contributed by atoms with Gasteiger partial charge in [-0.05, 0) is 25.1 Å². The number of halogens is 2. The van der Waals surface area contributed by atoms with Crippen molar-refractivity contribution in [3.8, 4) is 5.75 Å². The number of nitrogens with zero attached hydrogens (tertiary/aromatic N) is 4. The second-order valence-corrected chi connectivity index (χ2v) is 6.91. The van der Waals surface area contributed by atoms with Crippen molar-refractivity contribution in [2.45, 2.75) is 19.5 Å². The Kier molecular flexibility index (Phi) is 4.25. The molecule has 0 spiro atoms. The lowest BCUT2D eigenvalue weighted by atomic mass is 10.2. The molecule has 1 amide bonds. The summed E-state index contributed by atoms with van der Waals surface area (Å²) in [5.74, 6) is 0.449. The fourth-order valence-corrected chi connectivity index (χ4v) is 3.80. The van der Waals surface area contributed by atoms with Gasteiger partial charge in [-0.1, -0.05) is 23.2 Å². The zero-order valence-electron chi connectivity index (χ0n) is 14.2. The molecule has 1 aliphatic heterocycles. The van der Waals surface area contributed by atoms with Crippen molar-refractivity contribution < 1.29 is 9.53 Å². The smallest absolute Gasteiger partial charge is 0.293 e. The van der Waals surface area contributed by atoms with Crippen molar-refractivity contribution in [1.82, 2.24) is 19.4 Å². The molecule has 1 aromatic carbocycles. The van der Waals surface area contributed by atoms with Gasteiger partial charge in [-0.2, -0.15) is 0 Å². The second kappa shape index (κ2) is 6.45. The maximum absolute atomic E-state index is 12.9. The van der Waals surface area contributed by atoms with Gasteiger partial charge in [0.1, 0.15) is 6.17 Å². The van der Waals surface area contributed by atoms with E-state index in [0.717, 1.165) is 23.0 Å². The van der Waals surface area contributed by atoms with Crippen LogP contribution in [0.5, 0.6) is 5.75 Å². The lowest BCUT2D eigenvalue weighted by Gasteiger charge is -2.35. The van der Waals surface area contributed by atoms with Crippen LogP contribution < -0.4 is 4.74 Å². The van der Waals surface area contributed by atoms with E-state index in [-0.39, 0.29) is 17.9 Å². The minimum Gasteiger partial charge on any atom is -0.494 e. The molecule has 0 saturated carbocycles. The zero-order valence-corrected chi connectivity index (χ0v) is 15.8. The number of rotatable bonds is 2. The molecule has 3 heterocycles.